The fourth-order valence-electron chi connectivity index (χ4n) is 2.34. The van der Waals surface area contributed by atoms with Crippen LogP contribution in [0.3, 0.4) is 0 Å². The van der Waals surface area contributed by atoms with E-state index in [-0.39, 0.29) is 0 Å². The Morgan fingerprint density at radius 1 is 1.69 bits per heavy atom. The van der Waals surface area contributed by atoms with E-state index in [4.69, 9.17) is 4.74 Å². The van der Waals surface area contributed by atoms with Crippen molar-refractivity contribution in [1.29, 1.82) is 0 Å². The third-order valence-corrected chi connectivity index (χ3v) is 3.65. The van der Waals surface area contributed by atoms with Crippen molar-refractivity contribution in [3.8, 4) is 0 Å². The average molecular weight is 230 g/mol. The van der Waals surface area contributed by atoms with Crippen molar-refractivity contribution in [3.63, 3.8) is 0 Å². The molecule has 0 radical (unpaired) electrons. The molecule has 94 valence electrons. The van der Waals surface area contributed by atoms with Crippen LogP contribution < -0.4 is 5.32 Å². The van der Waals surface area contributed by atoms with E-state index in [9.17, 15) is 9.90 Å². The van der Waals surface area contributed by atoms with Crippen LogP contribution in [0.1, 0.15) is 19.3 Å². The Hall–Kier alpha value is -0.650. The molecule has 0 heterocycles. The number of carboxylic acid groups (broad SMARTS) is 1. The Labute approximate surface area is 96.8 Å². The number of nitrogens with zero attached hydrogens (tertiary/aromatic N) is 1. The van der Waals surface area contributed by atoms with Crippen LogP contribution in [0.2, 0.25) is 0 Å². The number of carbonyl (C=O) groups is 1. The smallest absolute Gasteiger partial charge is 0.323 e. The van der Waals surface area contributed by atoms with Crippen LogP contribution >= 0.6 is 0 Å². The zero-order chi connectivity index (χ0) is 12.2. The Balaban J connectivity index is 2.53. The van der Waals surface area contributed by atoms with Gasteiger partial charge < -0.3 is 20.1 Å². The van der Waals surface area contributed by atoms with Crippen LogP contribution in [-0.4, -0.2) is 61.9 Å². The summed E-state index contributed by atoms with van der Waals surface area (Å²) in [6.45, 7) is 1.53. The fraction of sp³-hybridized carbons (Fsp3) is 0.909. The van der Waals surface area contributed by atoms with Crippen LogP contribution in [0.5, 0.6) is 0 Å². The normalized spacial score (nSPS) is 29.9. The van der Waals surface area contributed by atoms with Gasteiger partial charge in [-0.1, -0.05) is 0 Å². The summed E-state index contributed by atoms with van der Waals surface area (Å²) in [5, 5.41) is 12.2. The SMILES string of the molecule is CNC1(C(=O)O)CCC(N(C)CCOC)C1. The lowest BCUT2D eigenvalue weighted by atomic mass is 9.98. The number of hydrogen-bond donors (Lipinski definition) is 2. The van der Waals surface area contributed by atoms with Gasteiger partial charge in [0.25, 0.3) is 0 Å². The lowest BCUT2D eigenvalue weighted by molar-refractivity contribution is -0.144. The molecule has 0 aromatic carbocycles. The van der Waals surface area contributed by atoms with E-state index in [0.29, 0.717) is 25.5 Å². The average Bonchev–Trinajstić information content (AvgIpc) is 2.71. The molecule has 0 amide bonds. The Morgan fingerprint density at radius 3 is 2.81 bits per heavy atom. The quantitative estimate of drug-likeness (QED) is 0.680. The molecular formula is C11H22N2O3. The summed E-state index contributed by atoms with van der Waals surface area (Å²) in [6.07, 6.45) is 2.28. The van der Waals surface area contributed by atoms with Gasteiger partial charge >= 0.3 is 5.97 Å². The number of methoxy groups -OCH3 is 1. The van der Waals surface area contributed by atoms with Gasteiger partial charge in [0.2, 0.25) is 0 Å². The van der Waals surface area contributed by atoms with Gasteiger partial charge in [-0.3, -0.25) is 4.79 Å². The zero-order valence-electron chi connectivity index (χ0n) is 10.3. The maximum atomic E-state index is 11.2. The topological polar surface area (TPSA) is 61.8 Å². The molecule has 0 spiro atoms. The number of carboxylic acids is 1. The van der Waals surface area contributed by atoms with Crippen LogP contribution in [0.25, 0.3) is 0 Å². The number of aliphatic carboxylic acids is 1. The first kappa shape index (κ1) is 13.4. The van der Waals surface area contributed by atoms with Gasteiger partial charge in [-0.25, -0.2) is 0 Å². The summed E-state index contributed by atoms with van der Waals surface area (Å²) in [6, 6.07) is 0.332. The van der Waals surface area contributed by atoms with Gasteiger partial charge in [0.05, 0.1) is 6.61 Å². The first-order valence-electron chi connectivity index (χ1n) is 5.67. The molecule has 16 heavy (non-hydrogen) atoms. The summed E-state index contributed by atoms with van der Waals surface area (Å²) < 4.78 is 5.02. The molecule has 0 bridgehead atoms. The van der Waals surface area contributed by atoms with Crippen molar-refractivity contribution in [2.75, 3.05) is 34.4 Å². The molecular weight excluding hydrogens is 208 g/mol. The molecule has 2 atom stereocenters. The van der Waals surface area contributed by atoms with Crippen molar-refractivity contribution in [1.82, 2.24) is 10.2 Å². The van der Waals surface area contributed by atoms with Crippen molar-refractivity contribution in [3.05, 3.63) is 0 Å². The summed E-state index contributed by atoms with van der Waals surface area (Å²) >= 11 is 0. The lowest BCUT2D eigenvalue weighted by Crippen LogP contribution is -2.49. The molecule has 2 N–H and O–H groups in total. The van der Waals surface area contributed by atoms with E-state index in [2.05, 4.69) is 10.2 Å². The molecule has 5 nitrogen and oxygen atoms in total. The molecule has 0 aliphatic heterocycles. The van der Waals surface area contributed by atoms with E-state index in [1.54, 1.807) is 14.2 Å². The van der Waals surface area contributed by atoms with Crippen LogP contribution in [0, 0.1) is 0 Å². The Kier molecular flexibility index (Phi) is 4.70. The van der Waals surface area contributed by atoms with Crippen LogP contribution in [-0.2, 0) is 9.53 Å². The number of hydrogen-bond acceptors (Lipinski definition) is 4. The van der Waals surface area contributed by atoms with Crippen molar-refractivity contribution in [2.24, 2.45) is 0 Å². The predicted octanol–water partition coefficient (Wildman–Crippen LogP) is 0.160. The summed E-state index contributed by atoms with van der Waals surface area (Å²) in [5.74, 6) is -0.738. The minimum atomic E-state index is -0.738. The first-order valence-corrected chi connectivity index (χ1v) is 5.67. The second-order valence-corrected chi connectivity index (χ2v) is 4.51. The van der Waals surface area contributed by atoms with Gasteiger partial charge in [-0.2, -0.15) is 0 Å². The Bertz CT molecular complexity index is 247. The van der Waals surface area contributed by atoms with E-state index in [1.807, 2.05) is 7.05 Å². The highest BCUT2D eigenvalue weighted by Crippen LogP contribution is 2.32. The molecule has 1 rings (SSSR count). The highest BCUT2D eigenvalue weighted by molar-refractivity contribution is 5.79. The van der Waals surface area contributed by atoms with Crippen molar-refractivity contribution < 1.29 is 14.6 Å². The minimum absolute atomic E-state index is 0.332. The third kappa shape index (κ3) is 2.72. The van der Waals surface area contributed by atoms with Gasteiger partial charge in [0.1, 0.15) is 5.54 Å². The largest absolute Gasteiger partial charge is 0.480 e. The summed E-state index contributed by atoms with van der Waals surface area (Å²) in [5.41, 5.74) is -0.730. The molecule has 2 unspecified atom stereocenters. The second-order valence-electron chi connectivity index (χ2n) is 4.51. The van der Waals surface area contributed by atoms with Gasteiger partial charge in [0, 0.05) is 19.7 Å². The monoisotopic (exact) mass is 230 g/mol. The van der Waals surface area contributed by atoms with Crippen LogP contribution in [0.4, 0.5) is 0 Å². The number of ether oxygens (including phenoxy) is 1. The summed E-state index contributed by atoms with van der Waals surface area (Å²) in [7, 11) is 5.43. The van der Waals surface area contributed by atoms with E-state index >= 15 is 0 Å². The predicted molar refractivity (Wildman–Crippen MR) is 61.6 cm³/mol. The summed E-state index contributed by atoms with van der Waals surface area (Å²) in [4.78, 5) is 13.4. The first-order chi connectivity index (χ1) is 7.55. The molecule has 0 aromatic heterocycles. The Morgan fingerprint density at radius 2 is 2.38 bits per heavy atom. The van der Waals surface area contributed by atoms with Crippen molar-refractivity contribution in [2.45, 2.75) is 30.8 Å². The highest BCUT2D eigenvalue weighted by atomic mass is 16.5. The molecule has 5 heteroatoms. The third-order valence-electron chi connectivity index (χ3n) is 3.65. The number of nitrogens with one attached hydrogen (secondary N) is 1. The second kappa shape index (κ2) is 5.61. The highest BCUT2D eigenvalue weighted by Gasteiger charge is 2.45. The molecule has 1 aliphatic rings. The zero-order valence-corrected chi connectivity index (χ0v) is 10.3. The molecule has 1 fully saturated rings. The van der Waals surface area contributed by atoms with Gasteiger partial charge in [-0.05, 0) is 33.4 Å². The van der Waals surface area contributed by atoms with Gasteiger partial charge in [-0.15, -0.1) is 0 Å². The van der Waals surface area contributed by atoms with Crippen LogP contribution in [0.15, 0.2) is 0 Å². The molecule has 0 aromatic rings. The maximum absolute atomic E-state index is 11.2. The molecule has 1 saturated carbocycles. The number of likely N-dealkylation sites (N-methyl/N-ethyl adjacent to an activating group) is 2. The molecule has 1 aliphatic carbocycles. The fourth-order valence-corrected chi connectivity index (χ4v) is 2.34. The lowest BCUT2D eigenvalue weighted by Gasteiger charge is -2.27. The van der Waals surface area contributed by atoms with E-state index in [1.165, 1.54) is 0 Å². The van der Waals surface area contributed by atoms with Gasteiger partial charge in [0.15, 0.2) is 0 Å². The number of rotatable bonds is 6. The maximum Gasteiger partial charge on any atom is 0.323 e. The molecule has 0 saturated heterocycles. The van der Waals surface area contributed by atoms with E-state index in [0.717, 1.165) is 13.0 Å². The van der Waals surface area contributed by atoms with Crippen molar-refractivity contribution >= 4 is 5.97 Å². The van der Waals surface area contributed by atoms with E-state index < -0.39 is 11.5 Å². The minimum Gasteiger partial charge on any atom is -0.480 e. The standard InChI is InChI=1S/C11H22N2O3/c1-12-11(10(14)15)5-4-9(8-11)13(2)6-7-16-3/h9,12H,4-8H2,1-3H3,(H,14,15).